The molecule has 0 heterocycles. The fraction of sp³-hybridized carbons (Fsp3) is 1.00. The van der Waals surface area contributed by atoms with Crippen LogP contribution in [0.2, 0.25) is 0 Å². The van der Waals surface area contributed by atoms with Crippen LogP contribution < -0.4 is 5.32 Å². The molecule has 1 atom stereocenters. The SMILES string of the molecule is COCCOCCOCCNC(CCl)COC. The maximum atomic E-state index is 5.74. The summed E-state index contributed by atoms with van der Waals surface area (Å²) in [5, 5.41) is 3.24. The van der Waals surface area contributed by atoms with Crippen molar-refractivity contribution in [2.45, 2.75) is 6.04 Å². The minimum Gasteiger partial charge on any atom is -0.383 e. The number of methoxy groups -OCH3 is 2. The maximum Gasteiger partial charge on any atom is 0.0701 e. The first kappa shape index (κ1) is 17.1. The molecule has 0 radical (unpaired) electrons. The number of halogens is 1. The Labute approximate surface area is 109 Å². The first-order valence-electron chi connectivity index (χ1n) is 5.77. The van der Waals surface area contributed by atoms with Gasteiger partial charge in [0.25, 0.3) is 0 Å². The molecule has 17 heavy (non-hydrogen) atoms. The van der Waals surface area contributed by atoms with E-state index in [0.717, 1.165) is 6.54 Å². The Bertz CT molecular complexity index is 151. The Morgan fingerprint density at radius 3 is 2.18 bits per heavy atom. The van der Waals surface area contributed by atoms with Crippen LogP contribution in [0.25, 0.3) is 0 Å². The van der Waals surface area contributed by atoms with E-state index in [2.05, 4.69) is 5.32 Å². The summed E-state index contributed by atoms with van der Waals surface area (Å²) in [5.74, 6) is 0.536. The Morgan fingerprint density at radius 1 is 0.941 bits per heavy atom. The van der Waals surface area contributed by atoms with Gasteiger partial charge in [0.05, 0.1) is 39.6 Å². The van der Waals surface area contributed by atoms with Gasteiger partial charge < -0.3 is 24.3 Å². The van der Waals surface area contributed by atoms with Crippen molar-refractivity contribution in [1.82, 2.24) is 5.32 Å². The highest BCUT2D eigenvalue weighted by atomic mass is 35.5. The highest BCUT2D eigenvalue weighted by molar-refractivity contribution is 6.18. The van der Waals surface area contributed by atoms with Crippen LogP contribution in [-0.2, 0) is 18.9 Å². The van der Waals surface area contributed by atoms with E-state index in [1.165, 1.54) is 0 Å². The molecule has 0 aromatic carbocycles. The molecule has 0 saturated carbocycles. The molecule has 0 fully saturated rings. The third-order valence-electron chi connectivity index (χ3n) is 2.04. The Morgan fingerprint density at radius 2 is 1.59 bits per heavy atom. The Kier molecular flexibility index (Phi) is 14.2. The van der Waals surface area contributed by atoms with Crippen molar-refractivity contribution >= 4 is 11.6 Å². The molecule has 1 unspecified atom stereocenters. The molecule has 0 saturated heterocycles. The molecule has 5 nitrogen and oxygen atoms in total. The van der Waals surface area contributed by atoms with Crippen molar-refractivity contribution in [2.75, 3.05) is 66.3 Å². The first-order valence-corrected chi connectivity index (χ1v) is 6.31. The maximum absolute atomic E-state index is 5.74. The zero-order valence-electron chi connectivity index (χ0n) is 10.7. The molecule has 0 spiro atoms. The second-order valence-corrected chi connectivity index (χ2v) is 3.79. The van der Waals surface area contributed by atoms with Crippen LogP contribution in [0, 0.1) is 0 Å². The molecule has 0 amide bonds. The van der Waals surface area contributed by atoms with Crippen molar-refractivity contribution in [3.05, 3.63) is 0 Å². The lowest BCUT2D eigenvalue weighted by atomic mass is 10.3. The van der Waals surface area contributed by atoms with Gasteiger partial charge in [0, 0.05) is 32.7 Å². The Balaban J connectivity index is 3.11. The summed E-state index contributed by atoms with van der Waals surface area (Å²) in [5.41, 5.74) is 0. The van der Waals surface area contributed by atoms with Crippen LogP contribution in [0.4, 0.5) is 0 Å². The standard InChI is InChI=1S/C11H24ClNO4/c1-14-5-6-17-8-7-16-4-3-13-11(9-12)10-15-2/h11,13H,3-10H2,1-2H3. The van der Waals surface area contributed by atoms with E-state index in [-0.39, 0.29) is 6.04 Å². The lowest BCUT2D eigenvalue weighted by Gasteiger charge is -2.14. The van der Waals surface area contributed by atoms with Crippen molar-refractivity contribution < 1.29 is 18.9 Å². The second-order valence-electron chi connectivity index (χ2n) is 3.48. The van der Waals surface area contributed by atoms with Gasteiger partial charge in [-0.05, 0) is 0 Å². The fourth-order valence-electron chi connectivity index (χ4n) is 1.16. The third kappa shape index (κ3) is 12.3. The van der Waals surface area contributed by atoms with Gasteiger partial charge in [-0.15, -0.1) is 11.6 Å². The highest BCUT2D eigenvalue weighted by Crippen LogP contribution is 1.88. The zero-order chi connectivity index (χ0) is 12.8. The average molecular weight is 270 g/mol. The molecule has 0 aliphatic rings. The number of nitrogens with one attached hydrogen (secondary N) is 1. The summed E-state index contributed by atoms with van der Waals surface area (Å²) in [6.07, 6.45) is 0. The van der Waals surface area contributed by atoms with Crippen LogP contribution in [0.3, 0.4) is 0 Å². The number of ether oxygens (including phenoxy) is 4. The van der Waals surface area contributed by atoms with E-state index in [4.69, 9.17) is 30.5 Å². The summed E-state index contributed by atoms with van der Waals surface area (Å²) >= 11 is 5.74. The van der Waals surface area contributed by atoms with Crippen molar-refractivity contribution in [1.29, 1.82) is 0 Å². The quantitative estimate of drug-likeness (QED) is 0.390. The molecule has 0 aliphatic heterocycles. The van der Waals surface area contributed by atoms with E-state index in [9.17, 15) is 0 Å². The van der Waals surface area contributed by atoms with Crippen LogP contribution >= 0.6 is 11.6 Å². The van der Waals surface area contributed by atoms with E-state index in [0.29, 0.717) is 45.5 Å². The predicted octanol–water partition coefficient (Wildman–Crippen LogP) is 0.509. The summed E-state index contributed by atoms with van der Waals surface area (Å²) in [6, 6.07) is 0.184. The number of hydrogen-bond acceptors (Lipinski definition) is 5. The summed E-state index contributed by atoms with van der Waals surface area (Å²) in [7, 11) is 3.31. The molecule has 0 bridgehead atoms. The largest absolute Gasteiger partial charge is 0.383 e. The molecule has 0 aromatic heterocycles. The van der Waals surface area contributed by atoms with Gasteiger partial charge in [0.1, 0.15) is 0 Å². The number of alkyl halides is 1. The van der Waals surface area contributed by atoms with E-state index >= 15 is 0 Å². The van der Waals surface area contributed by atoms with E-state index in [1.54, 1.807) is 14.2 Å². The summed E-state index contributed by atoms with van der Waals surface area (Å²) in [4.78, 5) is 0. The first-order chi connectivity index (χ1) is 8.35. The van der Waals surface area contributed by atoms with Crippen molar-refractivity contribution in [3.8, 4) is 0 Å². The minimum absolute atomic E-state index is 0.184. The third-order valence-corrected chi connectivity index (χ3v) is 2.41. The molecular formula is C11H24ClNO4. The topological polar surface area (TPSA) is 49.0 Å². The van der Waals surface area contributed by atoms with Crippen molar-refractivity contribution in [2.24, 2.45) is 0 Å². The Hall–Kier alpha value is 0.0900. The molecule has 0 aliphatic carbocycles. The highest BCUT2D eigenvalue weighted by Gasteiger charge is 2.04. The fourth-order valence-corrected chi connectivity index (χ4v) is 1.36. The number of rotatable bonds is 13. The van der Waals surface area contributed by atoms with Gasteiger partial charge in [-0.3, -0.25) is 0 Å². The zero-order valence-corrected chi connectivity index (χ0v) is 11.5. The summed E-state index contributed by atoms with van der Waals surface area (Å²) in [6.45, 7) is 4.45. The molecular weight excluding hydrogens is 246 g/mol. The lowest BCUT2D eigenvalue weighted by Crippen LogP contribution is -2.37. The second kappa shape index (κ2) is 14.2. The van der Waals surface area contributed by atoms with Gasteiger partial charge in [-0.1, -0.05) is 0 Å². The summed E-state index contributed by atoms with van der Waals surface area (Å²) < 4.78 is 20.5. The van der Waals surface area contributed by atoms with Crippen LogP contribution in [0.1, 0.15) is 0 Å². The molecule has 1 N–H and O–H groups in total. The van der Waals surface area contributed by atoms with E-state index < -0.39 is 0 Å². The minimum atomic E-state index is 0.184. The van der Waals surface area contributed by atoms with Gasteiger partial charge in [-0.2, -0.15) is 0 Å². The molecule has 0 aromatic rings. The van der Waals surface area contributed by atoms with Gasteiger partial charge >= 0.3 is 0 Å². The van der Waals surface area contributed by atoms with Gasteiger partial charge in [0.15, 0.2) is 0 Å². The normalized spacial score (nSPS) is 12.9. The van der Waals surface area contributed by atoms with Crippen LogP contribution in [-0.4, -0.2) is 72.3 Å². The van der Waals surface area contributed by atoms with E-state index in [1.807, 2.05) is 0 Å². The molecule has 0 rings (SSSR count). The average Bonchev–Trinajstić information content (AvgIpc) is 2.35. The monoisotopic (exact) mass is 269 g/mol. The molecule has 104 valence electrons. The lowest BCUT2D eigenvalue weighted by molar-refractivity contribution is 0.0249. The molecule has 6 heteroatoms. The van der Waals surface area contributed by atoms with Gasteiger partial charge in [0.2, 0.25) is 0 Å². The smallest absolute Gasteiger partial charge is 0.0701 e. The van der Waals surface area contributed by atoms with Crippen LogP contribution in [0.15, 0.2) is 0 Å². The van der Waals surface area contributed by atoms with Gasteiger partial charge in [-0.25, -0.2) is 0 Å². The van der Waals surface area contributed by atoms with Crippen LogP contribution in [0.5, 0.6) is 0 Å². The number of hydrogen-bond donors (Lipinski definition) is 1. The van der Waals surface area contributed by atoms with Crippen molar-refractivity contribution in [3.63, 3.8) is 0 Å². The predicted molar refractivity (Wildman–Crippen MR) is 67.9 cm³/mol.